The maximum Gasteiger partial charge on any atom is 0.270 e. The highest BCUT2D eigenvalue weighted by Gasteiger charge is 2.35. The Morgan fingerprint density at radius 1 is 1.38 bits per heavy atom. The molecule has 2 aromatic heterocycles. The Kier molecular flexibility index (Phi) is 3.70. The minimum Gasteiger partial charge on any atom is -0.394 e. The minimum atomic E-state index is -0.482. The van der Waals surface area contributed by atoms with Crippen LogP contribution in [0.5, 0.6) is 0 Å². The highest BCUT2D eigenvalue weighted by Crippen LogP contribution is 2.29. The molecule has 1 amide bonds. The largest absolute Gasteiger partial charge is 0.394 e. The zero-order chi connectivity index (χ0) is 14.7. The van der Waals surface area contributed by atoms with Crippen molar-refractivity contribution in [2.24, 2.45) is 0 Å². The van der Waals surface area contributed by atoms with E-state index in [0.717, 1.165) is 31.4 Å². The summed E-state index contributed by atoms with van der Waals surface area (Å²) in [5, 5.41) is 12.5. The van der Waals surface area contributed by atoms with E-state index < -0.39 is 5.54 Å². The van der Waals surface area contributed by atoms with Crippen LogP contribution in [0.15, 0.2) is 37.1 Å². The predicted octanol–water partition coefficient (Wildman–Crippen LogP) is 1.30. The third-order valence-electron chi connectivity index (χ3n) is 4.02. The third kappa shape index (κ3) is 2.80. The number of aromatic nitrogens is 3. The van der Waals surface area contributed by atoms with Gasteiger partial charge in [-0.05, 0) is 25.0 Å². The van der Waals surface area contributed by atoms with E-state index in [-0.39, 0.29) is 12.5 Å². The van der Waals surface area contributed by atoms with Gasteiger partial charge < -0.3 is 15.0 Å². The molecule has 21 heavy (non-hydrogen) atoms. The van der Waals surface area contributed by atoms with Crippen LogP contribution in [0.4, 0.5) is 0 Å². The standard InChI is InChI=1S/C15H18N4O2/c20-10-15(4-1-2-5-15)18-14(21)13-9-12(3-6-17-13)19-8-7-16-11-19/h3,6-9,11,20H,1-2,4-5,10H2,(H,18,21). The quantitative estimate of drug-likeness (QED) is 0.888. The smallest absolute Gasteiger partial charge is 0.270 e. The molecule has 0 aliphatic heterocycles. The summed E-state index contributed by atoms with van der Waals surface area (Å²) in [6, 6.07) is 3.53. The van der Waals surface area contributed by atoms with Crippen molar-refractivity contribution in [3.63, 3.8) is 0 Å². The fourth-order valence-electron chi connectivity index (χ4n) is 2.80. The number of imidazole rings is 1. The van der Waals surface area contributed by atoms with E-state index in [4.69, 9.17) is 0 Å². The van der Waals surface area contributed by atoms with Crippen molar-refractivity contribution in [1.29, 1.82) is 0 Å². The predicted molar refractivity (Wildman–Crippen MR) is 77.1 cm³/mol. The van der Waals surface area contributed by atoms with Crippen molar-refractivity contribution in [3.05, 3.63) is 42.7 Å². The van der Waals surface area contributed by atoms with Gasteiger partial charge in [-0.3, -0.25) is 9.78 Å². The molecule has 6 heteroatoms. The van der Waals surface area contributed by atoms with E-state index in [1.807, 2.05) is 16.8 Å². The molecule has 1 fully saturated rings. The lowest BCUT2D eigenvalue weighted by atomic mass is 9.98. The number of hydrogen-bond donors (Lipinski definition) is 2. The average molecular weight is 286 g/mol. The number of nitrogens with zero attached hydrogens (tertiary/aromatic N) is 3. The van der Waals surface area contributed by atoms with Crippen LogP contribution in [0.3, 0.4) is 0 Å². The topological polar surface area (TPSA) is 80.0 Å². The molecule has 0 atom stereocenters. The Labute approximate surface area is 122 Å². The normalized spacial score (nSPS) is 16.8. The number of aliphatic hydroxyl groups excluding tert-OH is 1. The summed E-state index contributed by atoms with van der Waals surface area (Å²) in [5.74, 6) is -0.243. The molecule has 2 aromatic rings. The molecule has 6 nitrogen and oxygen atoms in total. The monoisotopic (exact) mass is 286 g/mol. The lowest BCUT2D eigenvalue weighted by Crippen LogP contribution is -2.49. The number of nitrogens with one attached hydrogen (secondary N) is 1. The first-order valence-electron chi connectivity index (χ1n) is 7.10. The molecule has 3 rings (SSSR count). The molecule has 0 spiro atoms. The summed E-state index contributed by atoms with van der Waals surface area (Å²) in [4.78, 5) is 20.5. The Balaban J connectivity index is 1.80. The van der Waals surface area contributed by atoms with Crippen molar-refractivity contribution in [2.75, 3.05) is 6.61 Å². The van der Waals surface area contributed by atoms with Crippen LogP contribution < -0.4 is 5.32 Å². The van der Waals surface area contributed by atoms with Gasteiger partial charge in [-0.25, -0.2) is 4.98 Å². The molecule has 0 bridgehead atoms. The van der Waals surface area contributed by atoms with Gasteiger partial charge in [0.2, 0.25) is 0 Å². The number of aliphatic hydroxyl groups is 1. The lowest BCUT2D eigenvalue weighted by Gasteiger charge is -2.27. The van der Waals surface area contributed by atoms with Gasteiger partial charge in [0.15, 0.2) is 0 Å². The zero-order valence-corrected chi connectivity index (χ0v) is 11.7. The van der Waals surface area contributed by atoms with E-state index in [9.17, 15) is 9.90 Å². The fraction of sp³-hybridized carbons (Fsp3) is 0.400. The van der Waals surface area contributed by atoms with Gasteiger partial charge in [0.1, 0.15) is 5.69 Å². The van der Waals surface area contributed by atoms with Gasteiger partial charge >= 0.3 is 0 Å². The Morgan fingerprint density at radius 3 is 2.86 bits per heavy atom. The summed E-state index contributed by atoms with van der Waals surface area (Å²) < 4.78 is 1.82. The van der Waals surface area contributed by atoms with E-state index in [2.05, 4.69) is 15.3 Å². The van der Waals surface area contributed by atoms with Crippen LogP contribution in [0.1, 0.15) is 36.2 Å². The summed E-state index contributed by atoms with van der Waals surface area (Å²) >= 11 is 0. The van der Waals surface area contributed by atoms with Crippen LogP contribution in [-0.2, 0) is 0 Å². The summed E-state index contributed by atoms with van der Waals surface area (Å²) in [6.07, 6.45) is 10.5. The second kappa shape index (κ2) is 5.65. The van der Waals surface area contributed by atoms with Gasteiger partial charge in [-0.2, -0.15) is 0 Å². The molecule has 0 aromatic carbocycles. The van der Waals surface area contributed by atoms with Crippen LogP contribution in [0.25, 0.3) is 5.69 Å². The summed E-state index contributed by atoms with van der Waals surface area (Å²) in [7, 11) is 0. The second-order valence-corrected chi connectivity index (χ2v) is 5.47. The summed E-state index contributed by atoms with van der Waals surface area (Å²) in [6.45, 7) is -0.0278. The molecule has 1 aliphatic carbocycles. The van der Waals surface area contributed by atoms with Crippen LogP contribution >= 0.6 is 0 Å². The van der Waals surface area contributed by atoms with E-state index in [1.165, 1.54) is 0 Å². The SMILES string of the molecule is O=C(NC1(CO)CCCC1)c1cc(-n2ccnc2)ccn1. The first-order chi connectivity index (χ1) is 10.2. The van der Waals surface area contributed by atoms with Crippen LogP contribution in [-0.4, -0.2) is 37.7 Å². The van der Waals surface area contributed by atoms with Crippen molar-refractivity contribution in [1.82, 2.24) is 19.9 Å². The number of amides is 1. The van der Waals surface area contributed by atoms with Crippen molar-refractivity contribution in [3.8, 4) is 5.69 Å². The second-order valence-electron chi connectivity index (χ2n) is 5.47. The van der Waals surface area contributed by atoms with Gasteiger partial charge in [-0.15, -0.1) is 0 Å². The first-order valence-corrected chi connectivity index (χ1v) is 7.10. The molecule has 2 N–H and O–H groups in total. The lowest BCUT2D eigenvalue weighted by molar-refractivity contribution is 0.0833. The van der Waals surface area contributed by atoms with Crippen molar-refractivity contribution in [2.45, 2.75) is 31.2 Å². The van der Waals surface area contributed by atoms with Gasteiger partial charge in [0.05, 0.1) is 24.2 Å². The van der Waals surface area contributed by atoms with Crippen LogP contribution in [0.2, 0.25) is 0 Å². The Bertz CT molecular complexity index is 618. The number of pyridine rings is 1. The fourth-order valence-corrected chi connectivity index (χ4v) is 2.80. The molecular formula is C15H18N4O2. The van der Waals surface area contributed by atoms with Gasteiger partial charge in [0, 0.05) is 18.6 Å². The Morgan fingerprint density at radius 2 is 2.19 bits per heavy atom. The molecule has 1 saturated carbocycles. The molecular weight excluding hydrogens is 268 g/mol. The van der Waals surface area contributed by atoms with E-state index in [0.29, 0.717) is 5.69 Å². The highest BCUT2D eigenvalue weighted by molar-refractivity contribution is 5.93. The van der Waals surface area contributed by atoms with Crippen molar-refractivity contribution >= 4 is 5.91 Å². The highest BCUT2D eigenvalue weighted by atomic mass is 16.3. The third-order valence-corrected chi connectivity index (χ3v) is 4.02. The molecule has 1 aliphatic rings. The van der Waals surface area contributed by atoms with E-state index >= 15 is 0 Å². The van der Waals surface area contributed by atoms with Crippen molar-refractivity contribution < 1.29 is 9.90 Å². The van der Waals surface area contributed by atoms with Gasteiger partial charge in [-0.1, -0.05) is 12.8 Å². The van der Waals surface area contributed by atoms with E-state index in [1.54, 1.807) is 24.8 Å². The number of hydrogen-bond acceptors (Lipinski definition) is 4. The number of carbonyl (C=O) groups excluding carboxylic acids is 1. The summed E-state index contributed by atoms with van der Waals surface area (Å²) in [5.41, 5.74) is 0.696. The van der Waals surface area contributed by atoms with Crippen LogP contribution in [0, 0.1) is 0 Å². The number of rotatable bonds is 4. The molecule has 2 heterocycles. The average Bonchev–Trinajstić information content (AvgIpc) is 3.19. The zero-order valence-electron chi connectivity index (χ0n) is 11.7. The minimum absolute atomic E-state index is 0.0278. The number of carbonyl (C=O) groups is 1. The molecule has 0 radical (unpaired) electrons. The maximum atomic E-state index is 12.4. The molecule has 110 valence electrons. The maximum absolute atomic E-state index is 12.4. The molecule has 0 saturated heterocycles. The first kappa shape index (κ1) is 13.8. The molecule has 0 unspecified atom stereocenters. The Hall–Kier alpha value is -2.21. The van der Waals surface area contributed by atoms with Gasteiger partial charge in [0.25, 0.3) is 5.91 Å².